The van der Waals surface area contributed by atoms with E-state index in [-0.39, 0.29) is 69.8 Å². The molecule has 0 radical (unpaired) electrons. The van der Waals surface area contributed by atoms with Crippen LogP contribution in [-0.4, -0.2) is 132 Å². The van der Waals surface area contributed by atoms with E-state index in [2.05, 4.69) is 16.0 Å². The molecule has 0 spiro atoms. The minimum absolute atomic E-state index is 0.0819. The molecule has 0 saturated carbocycles. The molecular formula is C41H63N5O16. The number of Topliss-reactive ketones (excluding diaryl/α,β-unsaturated/α-hetero) is 3. The van der Waals surface area contributed by atoms with Gasteiger partial charge in [0.25, 0.3) is 0 Å². The third-order valence-corrected chi connectivity index (χ3v) is 9.47. The molecule has 62 heavy (non-hydrogen) atoms. The Morgan fingerprint density at radius 1 is 0.629 bits per heavy atom. The monoisotopic (exact) mass is 881 g/mol. The summed E-state index contributed by atoms with van der Waals surface area (Å²) in [4.78, 5) is 116. The lowest BCUT2D eigenvalue weighted by molar-refractivity contribution is -0.140. The number of aliphatic carboxylic acids is 1. The second-order valence-corrected chi connectivity index (χ2v) is 15.1. The van der Waals surface area contributed by atoms with Gasteiger partial charge in [0.1, 0.15) is 5.75 Å². The summed E-state index contributed by atoms with van der Waals surface area (Å²) in [6.07, 6.45) is -3.08. The molecular weight excluding hydrogens is 818 g/mol. The van der Waals surface area contributed by atoms with Crippen LogP contribution in [0.4, 0.5) is 0 Å². The predicted octanol–water partition coefficient (Wildman–Crippen LogP) is 0.681. The topological polar surface area (TPSA) is 322 Å². The van der Waals surface area contributed by atoms with Crippen molar-refractivity contribution in [2.24, 2.45) is 17.8 Å². The lowest BCUT2D eigenvalue weighted by atomic mass is 9.87. The summed E-state index contributed by atoms with van der Waals surface area (Å²) in [7, 11) is 1.54. The number of methoxy groups -OCH3 is 1. The smallest absolute Gasteiger partial charge is 0.305 e. The number of nitrogens with one attached hydrogen (secondary N) is 5. The summed E-state index contributed by atoms with van der Waals surface area (Å²) in [6.45, 7) is 6.19. The molecule has 0 aliphatic carbocycles. The Balaban J connectivity index is 3.41. The van der Waals surface area contributed by atoms with Crippen molar-refractivity contribution in [3.63, 3.8) is 0 Å². The average molecular weight is 882 g/mol. The van der Waals surface area contributed by atoms with Crippen molar-refractivity contribution in [1.29, 1.82) is 0 Å². The van der Waals surface area contributed by atoms with Gasteiger partial charge < -0.3 is 40.4 Å². The lowest BCUT2D eigenvalue weighted by Gasteiger charge is -2.26. The van der Waals surface area contributed by atoms with Crippen LogP contribution < -0.4 is 26.9 Å². The van der Waals surface area contributed by atoms with E-state index in [1.165, 1.54) is 42.3 Å². The highest BCUT2D eigenvalue weighted by atomic mass is 16.5. The fourth-order valence-electron chi connectivity index (χ4n) is 6.30. The van der Waals surface area contributed by atoms with Gasteiger partial charge in [-0.2, -0.15) is 0 Å². The van der Waals surface area contributed by atoms with E-state index >= 15 is 0 Å². The van der Waals surface area contributed by atoms with Crippen LogP contribution >= 0.6 is 0 Å². The molecule has 0 heterocycles. The first-order valence-electron chi connectivity index (χ1n) is 20.4. The second-order valence-electron chi connectivity index (χ2n) is 15.1. The van der Waals surface area contributed by atoms with Crippen LogP contribution in [0.25, 0.3) is 0 Å². The molecule has 2 unspecified atom stereocenters. The van der Waals surface area contributed by atoms with E-state index < -0.39 is 108 Å². The summed E-state index contributed by atoms with van der Waals surface area (Å²) in [5, 5.41) is 44.9. The first-order chi connectivity index (χ1) is 29.4. The first kappa shape index (κ1) is 54.7. The molecule has 0 aromatic heterocycles. The van der Waals surface area contributed by atoms with Crippen LogP contribution in [0.2, 0.25) is 0 Å². The van der Waals surface area contributed by atoms with Crippen LogP contribution in [0.3, 0.4) is 0 Å². The number of ether oxygens (including phenoxy) is 3. The maximum absolute atomic E-state index is 14.2. The summed E-state index contributed by atoms with van der Waals surface area (Å²) in [5.74, 6) is -9.93. The highest BCUT2D eigenvalue weighted by Gasteiger charge is 2.34. The van der Waals surface area contributed by atoms with E-state index in [1.54, 1.807) is 13.8 Å². The number of hydrogen-bond acceptors (Lipinski definition) is 15. The quantitative estimate of drug-likeness (QED) is 0.0261. The summed E-state index contributed by atoms with van der Waals surface area (Å²) in [6, 6.07) is 1.65. The van der Waals surface area contributed by atoms with Crippen molar-refractivity contribution < 1.29 is 78.0 Å². The van der Waals surface area contributed by atoms with Gasteiger partial charge in [0.05, 0.1) is 51.0 Å². The molecule has 348 valence electrons. The first-order valence-corrected chi connectivity index (χ1v) is 20.4. The van der Waals surface area contributed by atoms with Gasteiger partial charge in [0, 0.05) is 64.6 Å². The molecule has 0 fully saturated rings. The number of amides is 5. The summed E-state index contributed by atoms with van der Waals surface area (Å²) < 4.78 is 15.7. The number of hydrogen-bond donors (Lipinski definition) is 9. The molecule has 0 aliphatic heterocycles. The second kappa shape index (κ2) is 30.6. The Morgan fingerprint density at radius 3 is 1.73 bits per heavy atom. The SMILES string of the molecule is COCCOCCOCCCC(=O)C(CCC(=O)NO)NC(=O)C(CCC(=O)NO)CC(=O)[C@H](Cc1ccc(O)cc1)NC(=O)[C@H](CC(=O)[C@H](CC(=O)O)NC(C)=O)CC(C)C. The minimum atomic E-state index is -1.42. The lowest BCUT2D eigenvalue weighted by Crippen LogP contribution is -2.49. The predicted molar refractivity (Wildman–Crippen MR) is 217 cm³/mol. The molecule has 1 rings (SSSR count). The van der Waals surface area contributed by atoms with Crippen LogP contribution in [0.1, 0.15) is 90.5 Å². The largest absolute Gasteiger partial charge is 0.508 e. The van der Waals surface area contributed by atoms with Crippen LogP contribution in [0.5, 0.6) is 5.75 Å². The number of ketones is 3. The van der Waals surface area contributed by atoms with E-state index in [4.69, 9.17) is 24.6 Å². The molecule has 1 aromatic carbocycles. The zero-order valence-electron chi connectivity index (χ0n) is 35.8. The van der Waals surface area contributed by atoms with E-state index in [0.717, 1.165) is 6.92 Å². The van der Waals surface area contributed by atoms with Gasteiger partial charge in [-0.05, 0) is 55.7 Å². The molecule has 0 saturated heterocycles. The highest BCUT2D eigenvalue weighted by Crippen LogP contribution is 2.22. The number of hydroxylamine groups is 2. The van der Waals surface area contributed by atoms with E-state index in [9.17, 15) is 53.4 Å². The van der Waals surface area contributed by atoms with Crippen LogP contribution in [-0.2, 0) is 63.8 Å². The Bertz CT molecular complexity index is 1610. The number of phenolic OH excluding ortho intramolecular Hbond substituents is 1. The fourth-order valence-corrected chi connectivity index (χ4v) is 6.30. The minimum Gasteiger partial charge on any atom is -0.508 e. The normalized spacial score (nSPS) is 13.5. The Morgan fingerprint density at radius 2 is 1.16 bits per heavy atom. The van der Waals surface area contributed by atoms with Crippen molar-refractivity contribution in [2.75, 3.05) is 40.1 Å². The zero-order valence-corrected chi connectivity index (χ0v) is 35.8. The number of rotatable bonds is 34. The van der Waals surface area contributed by atoms with Crippen molar-refractivity contribution in [1.82, 2.24) is 26.9 Å². The number of aromatic hydroxyl groups is 1. The molecule has 1 aromatic rings. The van der Waals surface area contributed by atoms with Crippen LogP contribution in [0, 0.1) is 17.8 Å². The Hall–Kier alpha value is -5.35. The third-order valence-electron chi connectivity index (χ3n) is 9.47. The number of carboxylic acid groups (broad SMARTS) is 1. The van der Waals surface area contributed by atoms with Gasteiger partial charge in [0.2, 0.25) is 29.5 Å². The van der Waals surface area contributed by atoms with Gasteiger partial charge in [0.15, 0.2) is 17.3 Å². The highest BCUT2D eigenvalue weighted by molar-refractivity contribution is 5.97. The van der Waals surface area contributed by atoms with Gasteiger partial charge in [-0.25, -0.2) is 11.0 Å². The molecule has 5 amide bonds. The van der Waals surface area contributed by atoms with Crippen LogP contribution in [0.15, 0.2) is 24.3 Å². The average Bonchev–Trinajstić information content (AvgIpc) is 3.21. The number of phenols is 1. The maximum Gasteiger partial charge on any atom is 0.305 e. The van der Waals surface area contributed by atoms with Crippen molar-refractivity contribution in [3.05, 3.63) is 29.8 Å². The van der Waals surface area contributed by atoms with Crippen molar-refractivity contribution >= 4 is 52.9 Å². The zero-order chi connectivity index (χ0) is 46.6. The number of carbonyl (C=O) groups is 9. The van der Waals surface area contributed by atoms with Crippen molar-refractivity contribution in [2.45, 2.75) is 110 Å². The Kier molecular flexibility index (Phi) is 27.0. The van der Waals surface area contributed by atoms with Gasteiger partial charge in [-0.15, -0.1) is 0 Å². The van der Waals surface area contributed by atoms with E-state index in [0.29, 0.717) is 25.4 Å². The molecule has 9 N–H and O–H groups in total. The molecule has 21 heteroatoms. The fraction of sp³-hybridized carbons (Fsp3) is 0.634. The number of carbonyl (C=O) groups excluding carboxylic acids is 8. The van der Waals surface area contributed by atoms with Gasteiger partial charge >= 0.3 is 5.97 Å². The molecule has 5 atom stereocenters. The van der Waals surface area contributed by atoms with E-state index in [1.807, 2.05) is 0 Å². The molecule has 21 nitrogen and oxygen atoms in total. The van der Waals surface area contributed by atoms with Crippen molar-refractivity contribution in [3.8, 4) is 5.75 Å². The maximum atomic E-state index is 14.2. The van der Waals surface area contributed by atoms with Gasteiger partial charge in [-0.3, -0.25) is 53.6 Å². The summed E-state index contributed by atoms with van der Waals surface area (Å²) in [5.41, 5.74) is 3.39. The number of carboxylic acids is 1. The summed E-state index contributed by atoms with van der Waals surface area (Å²) >= 11 is 0. The van der Waals surface area contributed by atoms with Gasteiger partial charge in [-0.1, -0.05) is 26.0 Å². The standard InChI is InChI=1S/C41H63N5O16/c1-25(2)20-29(23-36(51)33(24-39(54)55)42-26(3)47)41(57)44-32(21-27-7-10-30(48)11-8-27)35(50)22-28(9-13-37(52)45-58)40(56)43-31(12-14-38(53)46-59)34(49)6-5-15-61-18-19-62-17-16-60-4/h7-8,10-11,25,28-29,31-33,48,58-59H,5-6,9,12-24H2,1-4H3,(H,42,47)(H,43,56)(H,44,57)(H,45,52)(H,46,53)(H,54,55)/t28?,29-,31?,32-,33-/m0/s1. The Labute approximate surface area is 360 Å². The third kappa shape index (κ3) is 23.6. The molecule has 0 aliphatic rings. The molecule has 0 bridgehead atoms. The number of benzene rings is 1.